The standard InChI is InChI=1S/C12H19NO2/c1-4-7-8-10(5-2)11(9-13)12(14)15-6-3/h4-8H2,1-3H3. The van der Waals surface area contributed by atoms with Crippen LogP contribution < -0.4 is 0 Å². The quantitative estimate of drug-likeness (QED) is 0.384. The minimum Gasteiger partial charge on any atom is -0.462 e. The summed E-state index contributed by atoms with van der Waals surface area (Å²) >= 11 is 0. The molecule has 0 heterocycles. The summed E-state index contributed by atoms with van der Waals surface area (Å²) in [7, 11) is 0. The predicted octanol–water partition coefficient (Wildman–Crippen LogP) is 2.97. The van der Waals surface area contributed by atoms with E-state index in [-0.39, 0.29) is 5.57 Å². The number of carbonyl (C=O) groups is 1. The third kappa shape index (κ3) is 4.64. The second-order valence-electron chi connectivity index (χ2n) is 3.27. The summed E-state index contributed by atoms with van der Waals surface area (Å²) in [4.78, 5) is 11.4. The van der Waals surface area contributed by atoms with E-state index in [9.17, 15) is 4.79 Å². The molecule has 0 bridgehead atoms. The fourth-order valence-corrected chi connectivity index (χ4v) is 1.34. The van der Waals surface area contributed by atoms with Gasteiger partial charge in [-0.3, -0.25) is 0 Å². The molecule has 0 spiro atoms. The lowest BCUT2D eigenvalue weighted by Gasteiger charge is -2.07. The molecule has 0 unspecified atom stereocenters. The highest BCUT2D eigenvalue weighted by molar-refractivity contribution is 5.93. The fraction of sp³-hybridized carbons (Fsp3) is 0.667. The molecule has 0 N–H and O–H groups in total. The number of hydrogen-bond donors (Lipinski definition) is 0. The molecule has 3 heteroatoms. The smallest absolute Gasteiger partial charge is 0.348 e. The number of rotatable bonds is 6. The van der Waals surface area contributed by atoms with E-state index < -0.39 is 5.97 Å². The second-order valence-corrected chi connectivity index (χ2v) is 3.27. The summed E-state index contributed by atoms with van der Waals surface area (Å²) < 4.78 is 4.84. The molecule has 0 radical (unpaired) electrons. The first kappa shape index (κ1) is 13.7. The van der Waals surface area contributed by atoms with Gasteiger partial charge in [-0.2, -0.15) is 5.26 Å². The normalized spacial score (nSPS) is 11.6. The van der Waals surface area contributed by atoms with E-state index in [1.54, 1.807) is 6.92 Å². The largest absolute Gasteiger partial charge is 0.462 e. The van der Waals surface area contributed by atoms with Crippen LogP contribution in [0.25, 0.3) is 0 Å². The summed E-state index contributed by atoms with van der Waals surface area (Å²) in [6, 6.07) is 1.95. The van der Waals surface area contributed by atoms with Crippen molar-refractivity contribution in [1.29, 1.82) is 5.26 Å². The molecule has 0 rings (SSSR count). The van der Waals surface area contributed by atoms with Crippen molar-refractivity contribution >= 4 is 5.97 Å². The van der Waals surface area contributed by atoms with Crippen LogP contribution in [-0.2, 0) is 9.53 Å². The Hall–Kier alpha value is -1.30. The summed E-state index contributed by atoms with van der Waals surface area (Å²) in [5.74, 6) is -0.479. The monoisotopic (exact) mass is 209 g/mol. The summed E-state index contributed by atoms with van der Waals surface area (Å²) in [6.07, 6.45) is 3.62. The maximum atomic E-state index is 11.4. The number of unbranched alkanes of at least 4 members (excludes halogenated alkanes) is 1. The highest BCUT2D eigenvalue weighted by Crippen LogP contribution is 2.17. The number of hydrogen-bond acceptors (Lipinski definition) is 3. The molecule has 0 aliphatic rings. The molecular weight excluding hydrogens is 190 g/mol. The Morgan fingerprint density at radius 2 is 2.00 bits per heavy atom. The Balaban J connectivity index is 4.74. The van der Waals surface area contributed by atoms with Gasteiger partial charge in [-0.15, -0.1) is 0 Å². The fourth-order valence-electron chi connectivity index (χ4n) is 1.34. The van der Waals surface area contributed by atoms with Crippen molar-refractivity contribution in [2.24, 2.45) is 0 Å². The van der Waals surface area contributed by atoms with Crippen molar-refractivity contribution in [2.45, 2.75) is 46.5 Å². The number of ether oxygens (including phenoxy) is 1. The van der Waals surface area contributed by atoms with Crippen LogP contribution in [0.5, 0.6) is 0 Å². The van der Waals surface area contributed by atoms with Crippen LogP contribution in [0, 0.1) is 11.3 Å². The van der Waals surface area contributed by atoms with Crippen molar-refractivity contribution < 1.29 is 9.53 Å². The van der Waals surface area contributed by atoms with Gasteiger partial charge in [0.1, 0.15) is 11.6 Å². The zero-order valence-corrected chi connectivity index (χ0v) is 9.80. The minimum atomic E-state index is -0.479. The molecule has 15 heavy (non-hydrogen) atoms. The topological polar surface area (TPSA) is 50.1 Å². The average Bonchev–Trinajstić information content (AvgIpc) is 2.24. The Labute approximate surface area is 91.7 Å². The first-order valence-corrected chi connectivity index (χ1v) is 5.50. The van der Waals surface area contributed by atoms with Crippen LogP contribution in [-0.4, -0.2) is 12.6 Å². The lowest BCUT2D eigenvalue weighted by molar-refractivity contribution is -0.138. The summed E-state index contributed by atoms with van der Waals surface area (Å²) in [6.45, 7) is 6.10. The van der Waals surface area contributed by atoms with E-state index in [4.69, 9.17) is 10.00 Å². The van der Waals surface area contributed by atoms with Crippen LogP contribution in [0.3, 0.4) is 0 Å². The molecule has 84 valence electrons. The number of carbonyl (C=O) groups excluding carboxylic acids is 1. The number of nitriles is 1. The van der Waals surface area contributed by atoms with E-state index in [1.165, 1.54) is 0 Å². The molecule has 0 saturated heterocycles. The van der Waals surface area contributed by atoms with Crippen molar-refractivity contribution in [2.75, 3.05) is 6.61 Å². The van der Waals surface area contributed by atoms with Crippen molar-refractivity contribution in [1.82, 2.24) is 0 Å². The predicted molar refractivity (Wildman–Crippen MR) is 59.1 cm³/mol. The first-order chi connectivity index (χ1) is 7.21. The summed E-state index contributed by atoms with van der Waals surface area (Å²) in [5.41, 5.74) is 1.12. The van der Waals surface area contributed by atoms with Gasteiger partial charge >= 0.3 is 5.97 Å². The molecule has 0 aromatic carbocycles. The average molecular weight is 209 g/mol. The van der Waals surface area contributed by atoms with E-state index in [2.05, 4.69) is 6.92 Å². The zero-order chi connectivity index (χ0) is 11.7. The molecule has 0 atom stereocenters. The minimum absolute atomic E-state index is 0.202. The van der Waals surface area contributed by atoms with Gasteiger partial charge in [-0.25, -0.2) is 4.79 Å². The van der Waals surface area contributed by atoms with Gasteiger partial charge in [0.25, 0.3) is 0 Å². The maximum Gasteiger partial charge on any atom is 0.348 e. The lowest BCUT2D eigenvalue weighted by atomic mass is 10.0. The second kappa shape index (κ2) is 8.05. The van der Waals surface area contributed by atoms with Gasteiger partial charge in [0.05, 0.1) is 6.61 Å². The van der Waals surface area contributed by atoms with Crippen LogP contribution in [0.1, 0.15) is 46.5 Å². The molecular formula is C12H19NO2. The Bertz CT molecular complexity index is 274. The highest BCUT2D eigenvalue weighted by Gasteiger charge is 2.14. The Kier molecular flexibility index (Phi) is 7.35. The zero-order valence-electron chi connectivity index (χ0n) is 9.80. The summed E-state index contributed by atoms with van der Waals surface area (Å²) in [5, 5.41) is 8.92. The molecule has 0 amide bonds. The molecule has 0 aromatic rings. The maximum absolute atomic E-state index is 11.4. The van der Waals surface area contributed by atoms with Crippen LogP contribution in [0.2, 0.25) is 0 Å². The van der Waals surface area contributed by atoms with Gasteiger partial charge < -0.3 is 4.74 Å². The van der Waals surface area contributed by atoms with Gasteiger partial charge in [0.2, 0.25) is 0 Å². The Morgan fingerprint density at radius 3 is 2.40 bits per heavy atom. The third-order valence-corrected chi connectivity index (χ3v) is 2.20. The van der Waals surface area contributed by atoms with E-state index >= 15 is 0 Å². The van der Waals surface area contributed by atoms with Gasteiger partial charge in [0.15, 0.2) is 0 Å². The molecule has 0 aromatic heterocycles. The molecule has 0 aliphatic carbocycles. The van der Waals surface area contributed by atoms with Crippen LogP contribution in [0.15, 0.2) is 11.1 Å². The van der Waals surface area contributed by atoms with Crippen LogP contribution >= 0.6 is 0 Å². The van der Waals surface area contributed by atoms with Crippen molar-refractivity contribution in [3.8, 4) is 6.07 Å². The molecule has 0 fully saturated rings. The SMILES string of the molecule is CCCCC(CC)=C(C#N)C(=O)OCC. The Morgan fingerprint density at radius 1 is 1.33 bits per heavy atom. The third-order valence-electron chi connectivity index (χ3n) is 2.20. The van der Waals surface area contributed by atoms with Gasteiger partial charge in [-0.05, 0) is 31.8 Å². The van der Waals surface area contributed by atoms with E-state index in [0.717, 1.165) is 31.3 Å². The first-order valence-electron chi connectivity index (χ1n) is 5.50. The van der Waals surface area contributed by atoms with Gasteiger partial charge in [0, 0.05) is 0 Å². The molecule has 0 aliphatic heterocycles. The highest BCUT2D eigenvalue weighted by atomic mass is 16.5. The van der Waals surface area contributed by atoms with Gasteiger partial charge in [-0.1, -0.05) is 20.3 Å². The van der Waals surface area contributed by atoms with E-state index in [0.29, 0.717) is 6.61 Å². The molecule has 0 saturated carbocycles. The lowest BCUT2D eigenvalue weighted by Crippen LogP contribution is -2.09. The number of allylic oxidation sites excluding steroid dienone is 1. The van der Waals surface area contributed by atoms with E-state index in [1.807, 2.05) is 13.0 Å². The van der Waals surface area contributed by atoms with Crippen molar-refractivity contribution in [3.63, 3.8) is 0 Å². The van der Waals surface area contributed by atoms with Crippen LogP contribution in [0.4, 0.5) is 0 Å². The van der Waals surface area contributed by atoms with Crippen molar-refractivity contribution in [3.05, 3.63) is 11.1 Å². The number of nitrogens with zero attached hydrogens (tertiary/aromatic N) is 1. The molecule has 3 nitrogen and oxygen atoms in total. The number of esters is 1.